The Morgan fingerprint density at radius 2 is 1.81 bits per heavy atom. The summed E-state index contributed by atoms with van der Waals surface area (Å²) in [5.74, 6) is 0.768. The van der Waals surface area contributed by atoms with Crippen LogP contribution in [0, 0.1) is 0 Å². The fourth-order valence-corrected chi connectivity index (χ4v) is 2.62. The zero-order valence-electron chi connectivity index (χ0n) is 11.2. The van der Waals surface area contributed by atoms with Crippen molar-refractivity contribution in [1.29, 1.82) is 0 Å². The third-order valence-electron chi connectivity index (χ3n) is 3.02. The van der Waals surface area contributed by atoms with Crippen LogP contribution in [0.4, 0.5) is 0 Å². The molecule has 0 aliphatic heterocycles. The van der Waals surface area contributed by atoms with Crippen LogP contribution in [0.1, 0.15) is 15.4 Å². The summed E-state index contributed by atoms with van der Waals surface area (Å²) in [4.78, 5) is 15.0. The average Bonchev–Trinajstić information content (AvgIpc) is 3.03. The molecule has 0 radical (unpaired) electrons. The van der Waals surface area contributed by atoms with Gasteiger partial charge in [0, 0.05) is 10.9 Å². The first-order valence-electron chi connectivity index (χ1n) is 6.53. The van der Waals surface area contributed by atoms with Gasteiger partial charge in [-0.1, -0.05) is 42.5 Å². The molecule has 21 heavy (non-hydrogen) atoms. The van der Waals surface area contributed by atoms with Gasteiger partial charge in [0.1, 0.15) is 12.4 Å². The minimum atomic E-state index is 0.475. The largest absolute Gasteiger partial charge is 0.488 e. The molecule has 1 heterocycles. The number of hydrogen-bond acceptors (Lipinski definition) is 4. The van der Waals surface area contributed by atoms with Crippen LogP contribution >= 0.6 is 11.3 Å². The van der Waals surface area contributed by atoms with E-state index in [1.54, 1.807) is 0 Å². The number of carbonyl (C=O) groups excluding carboxylic acids is 1. The molecule has 0 amide bonds. The first-order chi connectivity index (χ1) is 10.4. The smallest absolute Gasteiger partial charge is 0.178 e. The van der Waals surface area contributed by atoms with Gasteiger partial charge in [0.15, 0.2) is 11.3 Å². The predicted molar refractivity (Wildman–Crippen MR) is 83.7 cm³/mol. The molecule has 104 valence electrons. The molecular weight excluding hydrogens is 282 g/mol. The van der Waals surface area contributed by atoms with Gasteiger partial charge in [-0.2, -0.15) is 0 Å². The normalized spacial score (nSPS) is 10.3. The molecule has 0 aliphatic carbocycles. The van der Waals surface area contributed by atoms with Gasteiger partial charge < -0.3 is 4.74 Å². The SMILES string of the molecule is O=Cc1nc(-c2ccccc2OCc2ccccc2)cs1. The summed E-state index contributed by atoms with van der Waals surface area (Å²) in [6.45, 7) is 0.503. The van der Waals surface area contributed by atoms with Gasteiger partial charge in [-0.25, -0.2) is 4.98 Å². The summed E-state index contributed by atoms with van der Waals surface area (Å²) in [5, 5.41) is 2.34. The van der Waals surface area contributed by atoms with Crippen LogP contribution in [-0.4, -0.2) is 11.3 Å². The van der Waals surface area contributed by atoms with Gasteiger partial charge in [0.05, 0.1) is 5.69 Å². The Kier molecular flexibility index (Phi) is 4.07. The molecule has 4 heteroatoms. The molecule has 0 atom stereocenters. The fourth-order valence-electron chi connectivity index (χ4n) is 2.00. The number of para-hydroxylation sites is 1. The van der Waals surface area contributed by atoms with Crippen LogP contribution in [-0.2, 0) is 6.61 Å². The number of ether oxygens (including phenoxy) is 1. The lowest BCUT2D eigenvalue weighted by atomic mass is 10.1. The third-order valence-corrected chi connectivity index (χ3v) is 3.79. The van der Waals surface area contributed by atoms with Gasteiger partial charge >= 0.3 is 0 Å². The fraction of sp³-hybridized carbons (Fsp3) is 0.0588. The van der Waals surface area contributed by atoms with E-state index in [1.807, 2.05) is 60.0 Å². The minimum absolute atomic E-state index is 0.475. The van der Waals surface area contributed by atoms with Crippen molar-refractivity contribution < 1.29 is 9.53 Å². The van der Waals surface area contributed by atoms with E-state index in [2.05, 4.69) is 4.98 Å². The van der Waals surface area contributed by atoms with E-state index in [0.717, 1.165) is 28.9 Å². The highest BCUT2D eigenvalue weighted by atomic mass is 32.1. The second-order valence-corrected chi connectivity index (χ2v) is 5.35. The molecule has 1 aromatic heterocycles. The summed E-state index contributed by atoms with van der Waals surface area (Å²) in [5.41, 5.74) is 2.78. The molecule has 0 fully saturated rings. The molecule has 2 aromatic carbocycles. The lowest BCUT2D eigenvalue weighted by molar-refractivity contribution is 0.112. The Hall–Kier alpha value is -2.46. The predicted octanol–water partition coefficient (Wildman–Crippen LogP) is 4.20. The molecule has 0 aliphatic rings. The quantitative estimate of drug-likeness (QED) is 0.662. The monoisotopic (exact) mass is 295 g/mol. The maximum Gasteiger partial charge on any atom is 0.178 e. The molecule has 3 rings (SSSR count). The maximum absolute atomic E-state index is 10.8. The van der Waals surface area contributed by atoms with Crippen molar-refractivity contribution in [3.63, 3.8) is 0 Å². The molecule has 0 saturated carbocycles. The van der Waals surface area contributed by atoms with E-state index in [9.17, 15) is 4.79 Å². The van der Waals surface area contributed by atoms with Gasteiger partial charge in [-0.15, -0.1) is 11.3 Å². The Balaban J connectivity index is 1.84. The number of carbonyl (C=O) groups is 1. The second-order valence-electron chi connectivity index (χ2n) is 4.46. The zero-order valence-corrected chi connectivity index (χ0v) is 12.0. The van der Waals surface area contributed by atoms with Crippen LogP contribution in [0.3, 0.4) is 0 Å². The standard InChI is InChI=1S/C17H13NO2S/c19-10-17-18-15(12-21-17)14-8-4-5-9-16(14)20-11-13-6-2-1-3-7-13/h1-10,12H,11H2. The molecule has 0 spiro atoms. The average molecular weight is 295 g/mol. The summed E-state index contributed by atoms with van der Waals surface area (Å²) in [7, 11) is 0. The van der Waals surface area contributed by atoms with Crippen molar-refractivity contribution >= 4 is 17.6 Å². The summed E-state index contributed by atoms with van der Waals surface area (Å²) in [6, 6.07) is 17.7. The highest BCUT2D eigenvalue weighted by Crippen LogP contribution is 2.30. The summed E-state index contributed by atoms with van der Waals surface area (Å²) >= 11 is 1.33. The molecule has 0 saturated heterocycles. The van der Waals surface area contributed by atoms with Gasteiger partial charge in [0.2, 0.25) is 0 Å². The van der Waals surface area contributed by atoms with Crippen LogP contribution in [0.25, 0.3) is 11.3 Å². The Bertz CT molecular complexity index is 737. The van der Waals surface area contributed by atoms with E-state index in [4.69, 9.17) is 4.74 Å². The molecule has 3 aromatic rings. The van der Waals surface area contributed by atoms with Gasteiger partial charge in [-0.05, 0) is 17.7 Å². The van der Waals surface area contributed by atoms with Gasteiger partial charge in [0.25, 0.3) is 0 Å². The number of aldehydes is 1. The Morgan fingerprint density at radius 3 is 2.57 bits per heavy atom. The first kappa shape index (κ1) is 13.5. The van der Waals surface area contributed by atoms with Crippen LogP contribution in [0.15, 0.2) is 60.0 Å². The molecule has 3 nitrogen and oxygen atoms in total. The first-order valence-corrected chi connectivity index (χ1v) is 7.41. The third kappa shape index (κ3) is 3.17. The second kappa shape index (κ2) is 6.33. The van der Waals surface area contributed by atoms with Crippen molar-refractivity contribution in [3.8, 4) is 17.0 Å². The molecule has 0 bridgehead atoms. The molecular formula is C17H13NO2S. The van der Waals surface area contributed by atoms with Crippen LogP contribution < -0.4 is 4.74 Å². The van der Waals surface area contributed by atoms with E-state index >= 15 is 0 Å². The summed E-state index contributed by atoms with van der Waals surface area (Å²) < 4.78 is 5.90. The number of benzene rings is 2. The Labute approximate surface area is 126 Å². The maximum atomic E-state index is 10.8. The van der Waals surface area contributed by atoms with Gasteiger partial charge in [-0.3, -0.25) is 4.79 Å². The van der Waals surface area contributed by atoms with Crippen molar-refractivity contribution in [2.75, 3.05) is 0 Å². The van der Waals surface area contributed by atoms with E-state index in [0.29, 0.717) is 11.6 Å². The zero-order chi connectivity index (χ0) is 14.5. The summed E-state index contributed by atoms with van der Waals surface area (Å²) in [6.07, 6.45) is 0.765. The molecule has 0 unspecified atom stereocenters. The van der Waals surface area contributed by atoms with Crippen molar-refractivity contribution in [1.82, 2.24) is 4.98 Å². The van der Waals surface area contributed by atoms with Crippen LogP contribution in [0.5, 0.6) is 5.75 Å². The van der Waals surface area contributed by atoms with Crippen molar-refractivity contribution in [3.05, 3.63) is 70.5 Å². The minimum Gasteiger partial charge on any atom is -0.488 e. The number of aromatic nitrogens is 1. The lowest BCUT2D eigenvalue weighted by Gasteiger charge is -2.10. The van der Waals surface area contributed by atoms with E-state index in [1.165, 1.54) is 11.3 Å². The van der Waals surface area contributed by atoms with Crippen LogP contribution in [0.2, 0.25) is 0 Å². The van der Waals surface area contributed by atoms with E-state index in [-0.39, 0.29) is 0 Å². The van der Waals surface area contributed by atoms with Crippen molar-refractivity contribution in [2.24, 2.45) is 0 Å². The highest BCUT2D eigenvalue weighted by molar-refractivity contribution is 7.11. The topological polar surface area (TPSA) is 39.2 Å². The Morgan fingerprint density at radius 1 is 1.05 bits per heavy atom. The van der Waals surface area contributed by atoms with Crippen molar-refractivity contribution in [2.45, 2.75) is 6.61 Å². The number of rotatable bonds is 5. The number of thiazole rings is 1. The number of nitrogens with zero attached hydrogens (tertiary/aromatic N) is 1. The lowest BCUT2D eigenvalue weighted by Crippen LogP contribution is -1.96. The van der Waals surface area contributed by atoms with E-state index < -0.39 is 0 Å². The molecule has 0 N–H and O–H groups in total. The number of hydrogen-bond donors (Lipinski definition) is 0. The highest BCUT2D eigenvalue weighted by Gasteiger charge is 2.09.